The van der Waals surface area contributed by atoms with Gasteiger partial charge in [0.05, 0.1) is 17.7 Å². The molecular formula is C22H29N3O4S. The highest BCUT2D eigenvalue weighted by atomic mass is 32.2. The molecule has 1 fully saturated rings. The number of hydrogen-bond acceptors (Lipinski definition) is 5. The predicted molar refractivity (Wildman–Crippen MR) is 118 cm³/mol. The van der Waals surface area contributed by atoms with E-state index in [1.54, 1.807) is 44.1 Å². The summed E-state index contributed by atoms with van der Waals surface area (Å²) >= 11 is 0. The number of methoxy groups -OCH3 is 1. The van der Waals surface area contributed by atoms with Gasteiger partial charge in [-0.2, -0.15) is 4.31 Å². The van der Waals surface area contributed by atoms with Gasteiger partial charge in [0.1, 0.15) is 5.75 Å². The van der Waals surface area contributed by atoms with Gasteiger partial charge in [-0.15, -0.1) is 0 Å². The van der Waals surface area contributed by atoms with E-state index < -0.39 is 10.0 Å². The Morgan fingerprint density at radius 2 is 1.67 bits per heavy atom. The van der Waals surface area contributed by atoms with Crippen LogP contribution in [0.1, 0.15) is 24.2 Å². The van der Waals surface area contributed by atoms with Crippen LogP contribution in [0.3, 0.4) is 0 Å². The number of sulfonamides is 1. The van der Waals surface area contributed by atoms with Crippen LogP contribution in [-0.2, 0) is 10.0 Å². The molecule has 0 bridgehead atoms. The minimum atomic E-state index is -3.60. The zero-order valence-corrected chi connectivity index (χ0v) is 18.6. The lowest BCUT2D eigenvalue weighted by Crippen LogP contribution is -2.48. The number of para-hydroxylation sites is 2. The molecule has 1 saturated heterocycles. The molecule has 7 nitrogen and oxygen atoms in total. The van der Waals surface area contributed by atoms with Crippen LogP contribution in [0.25, 0.3) is 0 Å². The van der Waals surface area contributed by atoms with Crippen LogP contribution in [0.2, 0.25) is 0 Å². The molecule has 0 unspecified atom stereocenters. The van der Waals surface area contributed by atoms with Gasteiger partial charge in [0.25, 0.3) is 5.91 Å². The Balaban J connectivity index is 1.73. The van der Waals surface area contributed by atoms with Gasteiger partial charge in [-0.1, -0.05) is 32.0 Å². The summed E-state index contributed by atoms with van der Waals surface area (Å²) in [6.45, 7) is 6.87. The van der Waals surface area contributed by atoms with Crippen LogP contribution in [0, 0.1) is 0 Å². The molecule has 2 aromatic rings. The zero-order valence-electron chi connectivity index (χ0n) is 17.7. The van der Waals surface area contributed by atoms with E-state index in [2.05, 4.69) is 4.90 Å². The number of nitrogens with zero attached hydrogens (tertiary/aromatic N) is 3. The number of benzene rings is 2. The third-order valence-electron chi connectivity index (χ3n) is 5.42. The van der Waals surface area contributed by atoms with E-state index in [0.717, 1.165) is 11.4 Å². The van der Waals surface area contributed by atoms with Crippen LogP contribution in [0.4, 0.5) is 5.69 Å². The lowest BCUT2D eigenvalue weighted by atomic mass is 10.1. The summed E-state index contributed by atoms with van der Waals surface area (Å²) in [4.78, 5) is 17.2. The largest absolute Gasteiger partial charge is 0.495 e. The Bertz CT molecular complexity index is 981. The Morgan fingerprint density at radius 1 is 1.00 bits per heavy atom. The van der Waals surface area contributed by atoms with E-state index in [1.807, 2.05) is 24.3 Å². The van der Waals surface area contributed by atoms with Gasteiger partial charge in [-0.3, -0.25) is 4.79 Å². The van der Waals surface area contributed by atoms with Gasteiger partial charge < -0.3 is 14.5 Å². The van der Waals surface area contributed by atoms with Gasteiger partial charge in [-0.05, 0) is 30.3 Å². The summed E-state index contributed by atoms with van der Waals surface area (Å²) in [6, 6.07) is 14.2. The predicted octanol–water partition coefficient (Wildman–Crippen LogP) is 2.69. The number of hydrogen-bond donors (Lipinski definition) is 0. The monoisotopic (exact) mass is 431 g/mol. The molecule has 1 aliphatic heterocycles. The average molecular weight is 432 g/mol. The molecule has 1 amide bonds. The standard InChI is InChI=1S/C22H29N3O4S/c1-4-25(5-2)30(27,28)19-10-8-9-18(17-19)22(26)24-15-13-23(14-16-24)20-11-6-7-12-21(20)29-3/h6-12,17H,4-5,13-16H2,1-3H3. The Hall–Kier alpha value is -2.58. The quantitative estimate of drug-likeness (QED) is 0.674. The molecular weight excluding hydrogens is 402 g/mol. The van der Waals surface area contributed by atoms with Crippen LogP contribution >= 0.6 is 0 Å². The Kier molecular flexibility index (Phi) is 6.99. The lowest BCUT2D eigenvalue weighted by Gasteiger charge is -2.36. The molecule has 0 aromatic heterocycles. The molecule has 0 radical (unpaired) electrons. The third kappa shape index (κ3) is 4.44. The summed E-state index contributed by atoms with van der Waals surface area (Å²) in [6.07, 6.45) is 0. The van der Waals surface area contributed by atoms with Gasteiger partial charge in [0.15, 0.2) is 0 Å². The first kappa shape index (κ1) is 22.1. The summed E-state index contributed by atoms with van der Waals surface area (Å²) < 4.78 is 32.4. The number of carbonyl (C=O) groups excluding carboxylic acids is 1. The second kappa shape index (κ2) is 9.49. The van der Waals surface area contributed by atoms with Crippen molar-refractivity contribution >= 4 is 21.6 Å². The molecule has 8 heteroatoms. The van der Waals surface area contributed by atoms with Gasteiger partial charge in [0.2, 0.25) is 10.0 Å². The third-order valence-corrected chi connectivity index (χ3v) is 7.46. The topological polar surface area (TPSA) is 70.2 Å². The van der Waals surface area contributed by atoms with Crippen molar-refractivity contribution in [2.24, 2.45) is 0 Å². The van der Waals surface area contributed by atoms with Crippen LogP contribution in [-0.4, -0.2) is 69.9 Å². The minimum Gasteiger partial charge on any atom is -0.495 e. The van der Waals surface area contributed by atoms with Gasteiger partial charge in [0, 0.05) is 44.8 Å². The number of carbonyl (C=O) groups is 1. The molecule has 30 heavy (non-hydrogen) atoms. The molecule has 3 rings (SSSR count). The number of piperazine rings is 1. The number of anilines is 1. The number of rotatable bonds is 7. The second-order valence-corrected chi connectivity index (χ2v) is 9.01. The van der Waals surface area contributed by atoms with Gasteiger partial charge in [-0.25, -0.2) is 8.42 Å². The Morgan fingerprint density at radius 3 is 2.30 bits per heavy atom. The minimum absolute atomic E-state index is 0.147. The van der Waals surface area contributed by atoms with E-state index in [9.17, 15) is 13.2 Å². The van der Waals surface area contributed by atoms with Crippen LogP contribution in [0.5, 0.6) is 5.75 Å². The number of ether oxygens (including phenoxy) is 1. The Labute approximate surface area is 178 Å². The highest BCUT2D eigenvalue weighted by Gasteiger charge is 2.26. The SMILES string of the molecule is CCN(CC)S(=O)(=O)c1cccc(C(=O)N2CCN(c3ccccc3OC)CC2)c1. The zero-order chi connectivity index (χ0) is 21.7. The summed E-state index contributed by atoms with van der Waals surface area (Å²) in [5, 5.41) is 0. The van der Waals surface area contributed by atoms with Crippen molar-refractivity contribution < 1.29 is 17.9 Å². The summed E-state index contributed by atoms with van der Waals surface area (Å²) in [5.74, 6) is 0.665. The molecule has 0 spiro atoms. The molecule has 1 aliphatic rings. The van der Waals surface area contributed by atoms with Crippen molar-refractivity contribution in [2.45, 2.75) is 18.7 Å². The van der Waals surface area contributed by atoms with Crippen molar-refractivity contribution in [3.05, 3.63) is 54.1 Å². The average Bonchev–Trinajstić information content (AvgIpc) is 2.79. The molecule has 0 aliphatic carbocycles. The van der Waals surface area contributed by atoms with Crippen LogP contribution in [0.15, 0.2) is 53.4 Å². The van der Waals surface area contributed by atoms with Crippen molar-refractivity contribution in [2.75, 3.05) is 51.3 Å². The summed E-state index contributed by atoms with van der Waals surface area (Å²) in [7, 11) is -1.95. The lowest BCUT2D eigenvalue weighted by molar-refractivity contribution is 0.0746. The van der Waals surface area contributed by atoms with Crippen molar-refractivity contribution in [3.63, 3.8) is 0 Å². The van der Waals surface area contributed by atoms with Crippen LogP contribution < -0.4 is 9.64 Å². The number of amides is 1. The van der Waals surface area contributed by atoms with Crippen molar-refractivity contribution in [1.82, 2.24) is 9.21 Å². The maximum atomic E-state index is 13.0. The molecule has 0 atom stereocenters. The first-order chi connectivity index (χ1) is 14.4. The van der Waals surface area contributed by atoms with E-state index in [0.29, 0.717) is 44.8 Å². The first-order valence-corrected chi connectivity index (χ1v) is 11.6. The first-order valence-electron chi connectivity index (χ1n) is 10.2. The smallest absolute Gasteiger partial charge is 0.254 e. The summed E-state index contributed by atoms with van der Waals surface area (Å²) in [5.41, 5.74) is 1.41. The van der Waals surface area contributed by atoms with E-state index in [4.69, 9.17) is 4.74 Å². The van der Waals surface area contributed by atoms with Crippen molar-refractivity contribution in [1.29, 1.82) is 0 Å². The molecule has 0 saturated carbocycles. The fourth-order valence-electron chi connectivity index (χ4n) is 3.73. The highest BCUT2D eigenvalue weighted by molar-refractivity contribution is 7.89. The second-order valence-electron chi connectivity index (χ2n) is 7.07. The van der Waals surface area contributed by atoms with Crippen molar-refractivity contribution in [3.8, 4) is 5.75 Å². The van der Waals surface area contributed by atoms with E-state index in [-0.39, 0.29) is 10.8 Å². The molecule has 0 N–H and O–H groups in total. The van der Waals surface area contributed by atoms with E-state index >= 15 is 0 Å². The molecule has 162 valence electrons. The maximum absolute atomic E-state index is 13.0. The fraction of sp³-hybridized carbons (Fsp3) is 0.409. The highest BCUT2D eigenvalue weighted by Crippen LogP contribution is 2.28. The van der Waals surface area contributed by atoms with Gasteiger partial charge >= 0.3 is 0 Å². The fourth-order valence-corrected chi connectivity index (χ4v) is 5.23. The normalized spacial score (nSPS) is 14.8. The maximum Gasteiger partial charge on any atom is 0.254 e. The molecule has 1 heterocycles. The van der Waals surface area contributed by atoms with E-state index in [1.165, 1.54) is 10.4 Å². The molecule has 2 aromatic carbocycles.